The minimum absolute atomic E-state index is 1.16. The van der Waals surface area contributed by atoms with Crippen LogP contribution in [0.15, 0.2) is 54.1 Å². The average molecular weight is 291 g/mol. The molecule has 1 nitrogen and oxygen atoms in total. The Bertz CT molecular complexity index is 639. The van der Waals surface area contributed by atoms with Crippen LogP contribution < -0.4 is 0 Å². The van der Waals surface area contributed by atoms with E-state index in [1.54, 1.807) is 5.57 Å². The number of benzene rings is 2. The standard InChI is InChI=1S/C21H25N/c1-16-8-4-6-10-19(16)21(18-12-14-22(3)15-13-18)20-11-7-5-9-17(20)2/h4-11H,12-15H2,1-3H3. The van der Waals surface area contributed by atoms with Gasteiger partial charge < -0.3 is 4.90 Å². The summed E-state index contributed by atoms with van der Waals surface area (Å²) < 4.78 is 0. The maximum Gasteiger partial charge on any atom is 0.00160 e. The molecule has 2 aromatic carbocycles. The van der Waals surface area contributed by atoms with Crippen molar-refractivity contribution in [1.29, 1.82) is 0 Å². The summed E-state index contributed by atoms with van der Waals surface area (Å²) in [7, 11) is 2.22. The molecule has 0 spiro atoms. The topological polar surface area (TPSA) is 3.24 Å². The summed E-state index contributed by atoms with van der Waals surface area (Å²) in [5.41, 5.74) is 8.62. The van der Waals surface area contributed by atoms with Gasteiger partial charge in [-0.3, -0.25) is 0 Å². The van der Waals surface area contributed by atoms with Crippen molar-refractivity contribution < 1.29 is 0 Å². The second-order valence-corrected chi connectivity index (χ2v) is 6.41. The van der Waals surface area contributed by atoms with Crippen LogP contribution in [0.2, 0.25) is 0 Å². The third-order valence-corrected chi connectivity index (χ3v) is 4.77. The fourth-order valence-corrected chi connectivity index (χ4v) is 3.37. The van der Waals surface area contributed by atoms with Crippen molar-refractivity contribution in [2.75, 3.05) is 20.1 Å². The molecule has 0 atom stereocenters. The second-order valence-electron chi connectivity index (χ2n) is 6.41. The van der Waals surface area contributed by atoms with Gasteiger partial charge in [-0.2, -0.15) is 0 Å². The van der Waals surface area contributed by atoms with E-state index >= 15 is 0 Å². The summed E-state index contributed by atoms with van der Waals surface area (Å²) in [5.74, 6) is 0. The lowest BCUT2D eigenvalue weighted by Crippen LogP contribution is -2.27. The molecule has 22 heavy (non-hydrogen) atoms. The summed E-state index contributed by atoms with van der Waals surface area (Å²) in [4.78, 5) is 2.43. The van der Waals surface area contributed by atoms with Crippen LogP contribution in [0.25, 0.3) is 5.57 Å². The lowest BCUT2D eigenvalue weighted by atomic mass is 9.85. The van der Waals surface area contributed by atoms with Gasteiger partial charge in [0, 0.05) is 13.1 Å². The Kier molecular flexibility index (Phi) is 4.44. The fraction of sp³-hybridized carbons (Fsp3) is 0.333. The van der Waals surface area contributed by atoms with Crippen molar-refractivity contribution in [2.45, 2.75) is 26.7 Å². The van der Waals surface area contributed by atoms with Gasteiger partial charge >= 0.3 is 0 Å². The van der Waals surface area contributed by atoms with E-state index in [1.807, 2.05) is 0 Å². The molecule has 2 aromatic rings. The molecule has 1 aliphatic rings. The zero-order valence-corrected chi connectivity index (χ0v) is 13.9. The maximum atomic E-state index is 2.43. The number of piperidine rings is 1. The van der Waals surface area contributed by atoms with Crippen LogP contribution >= 0.6 is 0 Å². The Hall–Kier alpha value is -1.86. The lowest BCUT2D eigenvalue weighted by molar-refractivity contribution is 0.313. The third-order valence-electron chi connectivity index (χ3n) is 4.77. The first-order valence-corrected chi connectivity index (χ1v) is 8.19. The largest absolute Gasteiger partial charge is 0.306 e. The first-order chi connectivity index (χ1) is 10.7. The Morgan fingerprint density at radius 1 is 0.773 bits per heavy atom. The summed E-state index contributed by atoms with van der Waals surface area (Å²) >= 11 is 0. The van der Waals surface area contributed by atoms with Crippen LogP contribution in [0.3, 0.4) is 0 Å². The molecule has 0 aliphatic carbocycles. The van der Waals surface area contributed by atoms with Crippen molar-refractivity contribution in [2.24, 2.45) is 0 Å². The Balaban J connectivity index is 2.18. The smallest absolute Gasteiger partial charge is 0.00160 e. The fourth-order valence-electron chi connectivity index (χ4n) is 3.37. The highest BCUT2D eigenvalue weighted by Crippen LogP contribution is 2.35. The van der Waals surface area contributed by atoms with E-state index in [0.29, 0.717) is 0 Å². The number of nitrogens with zero attached hydrogens (tertiary/aromatic N) is 1. The van der Waals surface area contributed by atoms with Gasteiger partial charge in [0.25, 0.3) is 0 Å². The molecule has 1 heterocycles. The molecular weight excluding hydrogens is 266 g/mol. The quantitative estimate of drug-likeness (QED) is 0.766. The minimum Gasteiger partial charge on any atom is -0.306 e. The van der Waals surface area contributed by atoms with E-state index in [-0.39, 0.29) is 0 Å². The van der Waals surface area contributed by atoms with E-state index in [4.69, 9.17) is 0 Å². The van der Waals surface area contributed by atoms with Gasteiger partial charge in [-0.05, 0) is 61.6 Å². The Morgan fingerprint density at radius 3 is 1.68 bits per heavy atom. The zero-order chi connectivity index (χ0) is 15.5. The Labute approximate surface area is 134 Å². The summed E-state index contributed by atoms with van der Waals surface area (Å²) in [6.45, 7) is 6.78. The monoisotopic (exact) mass is 291 g/mol. The van der Waals surface area contributed by atoms with E-state index in [2.05, 4.69) is 74.3 Å². The highest BCUT2D eigenvalue weighted by Gasteiger charge is 2.18. The maximum absolute atomic E-state index is 2.43. The van der Waals surface area contributed by atoms with Gasteiger partial charge in [0.2, 0.25) is 0 Å². The van der Waals surface area contributed by atoms with E-state index in [0.717, 1.165) is 13.1 Å². The molecule has 0 saturated carbocycles. The molecule has 1 saturated heterocycles. The number of hydrogen-bond acceptors (Lipinski definition) is 1. The molecule has 0 amide bonds. The lowest BCUT2D eigenvalue weighted by Gasteiger charge is -2.28. The van der Waals surface area contributed by atoms with Crippen molar-refractivity contribution in [1.82, 2.24) is 4.90 Å². The Morgan fingerprint density at radius 2 is 1.23 bits per heavy atom. The number of likely N-dealkylation sites (tertiary alicyclic amines) is 1. The van der Waals surface area contributed by atoms with Crippen LogP contribution in [-0.4, -0.2) is 25.0 Å². The van der Waals surface area contributed by atoms with Crippen molar-refractivity contribution in [3.63, 3.8) is 0 Å². The second kappa shape index (κ2) is 6.50. The number of rotatable bonds is 2. The van der Waals surface area contributed by atoms with Crippen LogP contribution in [-0.2, 0) is 0 Å². The van der Waals surface area contributed by atoms with Crippen molar-refractivity contribution >= 4 is 5.57 Å². The molecule has 0 aromatic heterocycles. The van der Waals surface area contributed by atoms with Crippen molar-refractivity contribution in [3.05, 3.63) is 76.4 Å². The van der Waals surface area contributed by atoms with Crippen LogP contribution in [0.5, 0.6) is 0 Å². The molecule has 1 fully saturated rings. The first-order valence-electron chi connectivity index (χ1n) is 8.19. The first kappa shape index (κ1) is 15.1. The molecule has 0 unspecified atom stereocenters. The highest BCUT2D eigenvalue weighted by atomic mass is 15.1. The predicted molar refractivity (Wildman–Crippen MR) is 95.1 cm³/mol. The average Bonchev–Trinajstić information content (AvgIpc) is 2.53. The SMILES string of the molecule is Cc1ccccc1C(=C1CCN(C)CC1)c1ccccc1C. The third kappa shape index (κ3) is 3.00. The summed E-state index contributed by atoms with van der Waals surface area (Å²) in [5, 5.41) is 0. The molecule has 0 radical (unpaired) electrons. The molecule has 3 rings (SSSR count). The summed E-state index contributed by atoms with van der Waals surface area (Å²) in [6.07, 6.45) is 2.35. The molecule has 114 valence electrons. The molecular formula is C21H25N. The predicted octanol–water partition coefficient (Wildman–Crippen LogP) is 4.83. The normalized spacial score (nSPS) is 15.9. The number of aryl methyl sites for hydroxylation is 2. The van der Waals surface area contributed by atoms with E-state index in [9.17, 15) is 0 Å². The minimum atomic E-state index is 1.16. The van der Waals surface area contributed by atoms with Gasteiger partial charge in [-0.25, -0.2) is 0 Å². The molecule has 1 aliphatic heterocycles. The molecule has 0 N–H and O–H groups in total. The van der Waals surface area contributed by atoms with Gasteiger partial charge in [-0.1, -0.05) is 54.1 Å². The summed E-state index contributed by atoms with van der Waals surface area (Å²) in [6, 6.07) is 17.6. The molecule has 1 heteroatoms. The van der Waals surface area contributed by atoms with Gasteiger partial charge in [-0.15, -0.1) is 0 Å². The van der Waals surface area contributed by atoms with Crippen molar-refractivity contribution in [3.8, 4) is 0 Å². The van der Waals surface area contributed by atoms with Gasteiger partial charge in [0.1, 0.15) is 0 Å². The van der Waals surface area contributed by atoms with Crippen LogP contribution in [0.4, 0.5) is 0 Å². The zero-order valence-electron chi connectivity index (χ0n) is 13.9. The van der Waals surface area contributed by atoms with Crippen LogP contribution in [0.1, 0.15) is 35.1 Å². The highest BCUT2D eigenvalue weighted by molar-refractivity contribution is 5.85. The van der Waals surface area contributed by atoms with Gasteiger partial charge in [0.05, 0.1) is 0 Å². The number of hydrogen-bond donors (Lipinski definition) is 0. The van der Waals surface area contributed by atoms with E-state index in [1.165, 1.54) is 40.7 Å². The van der Waals surface area contributed by atoms with E-state index < -0.39 is 0 Å². The van der Waals surface area contributed by atoms with Crippen LogP contribution in [0, 0.1) is 13.8 Å². The van der Waals surface area contributed by atoms with Gasteiger partial charge in [0.15, 0.2) is 0 Å². The molecule has 0 bridgehead atoms.